The molecule has 1 aliphatic rings. The van der Waals surface area contributed by atoms with Gasteiger partial charge in [0.15, 0.2) is 5.78 Å². The molecule has 0 aromatic heterocycles. The minimum atomic E-state index is -4.12. The third kappa shape index (κ3) is 17.3. The van der Waals surface area contributed by atoms with Crippen molar-refractivity contribution in [2.45, 2.75) is 37.8 Å². The number of Topliss-reactive ketones (excluding diaryl/α,β-unsaturated/α-hetero) is 1. The molecule has 134 valence electrons. The van der Waals surface area contributed by atoms with E-state index in [2.05, 4.69) is 0 Å². The van der Waals surface area contributed by atoms with Crippen LogP contribution in [-0.4, -0.2) is 77.8 Å². The summed E-state index contributed by atoms with van der Waals surface area (Å²) < 4.78 is 40.5. The Hall–Kier alpha value is 0.447. The van der Waals surface area contributed by atoms with E-state index < -0.39 is 30.2 Å². The van der Waals surface area contributed by atoms with Crippen molar-refractivity contribution in [2.75, 3.05) is 0 Å². The molecule has 0 radical (unpaired) electrons. The first-order valence-corrected chi connectivity index (χ1v) is 12.8. The van der Waals surface area contributed by atoms with Gasteiger partial charge in [0.05, 0.1) is 0 Å². The Morgan fingerprint density at radius 1 is 1.12 bits per heavy atom. The molecule has 0 amide bonds. The molecule has 10 heteroatoms. The van der Waals surface area contributed by atoms with E-state index in [1.165, 1.54) is 19.3 Å². The second kappa shape index (κ2) is 16.9. The van der Waals surface area contributed by atoms with Crippen LogP contribution in [0.3, 0.4) is 0 Å². The summed E-state index contributed by atoms with van der Waals surface area (Å²) in [5.74, 6) is 0.649. The number of rotatable bonds is 2. The molecule has 0 bridgehead atoms. The van der Waals surface area contributed by atoms with Crippen LogP contribution >= 0.6 is 0 Å². The fraction of sp³-hybridized carbons (Fsp3) is 0.500. The predicted octanol–water partition coefficient (Wildman–Crippen LogP) is 0.877. The Labute approximate surface area is 174 Å². The van der Waals surface area contributed by atoms with Gasteiger partial charge >= 0.3 is 85.2 Å². The molecular weight excluding hydrogens is 451 g/mol. The fourth-order valence-electron chi connectivity index (χ4n) is 2.20. The van der Waals surface area contributed by atoms with Gasteiger partial charge in [-0.25, -0.2) is 0 Å². The molecule has 0 heterocycles. The average molecular weight is 477 g/mol. The molecule has 1 aliphatic carbocycles. The Morgan fingerprint density at radius 2 is 1.50 bits per heavy atom. The van der Waals surface area contributed by atoms with Gasteiger partial charge in [-0.2, -0.15) is 0 Å². The summed E-state index contributed by atoms with van der Waals surface area (Å²) in [5.41, 5.74) is 1.80. The topological polar surface area (TPSA) is 147 Å². The molecule has 1 saturated carbocycles. The van der Waals surface area contributed by atoms with Gasteiger partial charge in [-0.3, -0.25) is 4.79 Å². The van der Waals surface area contributed by atoms with Crippen LogP contribution in [0.5, 0.6) is 0 Å². The average Bonchev–Trinajstić information content (AvgIpc) is 2.47. The van der Waals surface area contributed by atoms with E-state index >= 15 is 0 Å². The molecule has 0 spiro atoms. The van der Waals surface area contributed by atoms with Gasteiger partial charge in [-0.05, 0) is 12.8 Å². The first-order valence-electron chi connectivity index (χ1n) is 6.88. The van der Waals surface area contributed by atoms with Crippen molar-refractivity contribution in [3.05, 3.63) is 35.9 Å². The summed E-state index contributed by atoms with van der Waals surface area (Å²) in [4.78, 5) is 12.0. The quantitative estimate of drug-likeness (QED) is 0.365. The van der Waals surface area contributed by atoms with E-state index in [4.69, 9.17) is 16.0 Å². The Balaban J connectivity index is -0.000000379. The van der Waals surface area contributed by atoms with Gasteiger partial charge in [0, 0.05) is 11.5 Å². The summed E-state index contributed by atoms with van der Waals surface area (Å²) in [6.07, 6.45) is 5.94. The first kappa shape index (κ1) is 29.2. The molecule has 0 aliphatic heterocycles. The van der Waals surface area contributed by atoms with Crippen LogP contribution in [0.25, 0.3) is 0 Å². The summed E-state index contributed by atoms with van der Waals surface area (Å²) in [7, 11) is 0. The summed E-state index contributed by atoms with van der Waals surface area (Å²) >= 11 is -5.69. The van der Waals surface area contributed by atoms with Crippen LogP contribution < -0.4 is 6.15 Å². The van der Waals surface area contributed by atoms with Crippen LogP contribution in [-0.2, 0) is 7.48 Å². The normalized spacial score (nSPS) is 13.8. The fourth-order valence-corrected chi connectivity index (χ4v) is 2.20. The van der Waals surface area contributed by atoms with Gasteiger partial charge in [0.1, 0.15) is 0 Å². The van der Waals surface area contributed by atoms with Gasteiger partial charge in [-0.15, -0.1) is 0 Å². The summed E-state index contributed by atoms with van der Waals surface area (Å²) in [5, 5.41) is 0. The van der Waals surface area contributed by atoms with E-state index in [1.807, 2.05) is 30.3 Å². The minimum absolute atomic E-state index is 0. The second-order valence-electron chi connectivity index (χ2n) is 4.98. The van der Waals surface area contributed by atoms with Gasteiger partial charge in [-0.1, -0.05) is 49.6 Å². The van der Waals surface area contributed by atoms with Crippen molar-refractivity contribution in [3.8, 4) is 0 Å². The van der Waals surface area contributed by atoms with E-state index in [0.29, 0.717) is 11.7 Å². The van der Waals surface area contributed by atoms with Crippen molar-refractivity contribution < 1.29 is 24.6 Å². The molecule has 2 rings (SSSR count). The van der Waals surface area contributed by atoms with Crippen molar-refractivity contribution in [1.82, 2.24) is 6.15 Å². The van der Waals surface area contributed by atoms with Crippen LogP contribution in [0, 0.1) is 5.92 Å². The van der Waals surface area contributed by atoms with Crippen molar-refractivity contribution >= 4 is 65.5 Å². The summed E-state index contributed by atoms with van der Waals surface area (Å²) in [6.45, 7) is 0. The Morgan fingerprint density at radius 3 is 1.88 bits per heavy atom. The van der Waals surface area contributed by atoms with Crippen LogP contribution in [0.4, 0.5) is 0 Å². The molecule has 24 heavy (non-hydrogen) atoms. The molecule has 1 aromatic carbocycles. The van der Waals surface area contributed by atoms with Crippen LogP contribution in [0.2, 0.25) is 5.71 Å². The van der Waals surface area contributed by atoms with E-state index in [0.717, 1.165) is 24.1 Å². The number of carbonyl (C=O) groups is 1. The number of carbonyl (C=O) groups excluding carboxylic acids is 1. The van der Waals surface area contributed by atoms with Gasteiger partial charge in [0.25, 0.3) is 0 Å². The van der Waals surface area contributed by atoms with Crippen molar-refractivity contribution in [1.29, 1.82) is 0 Å². The monoisotopic (exact) mass is 477 g/mol. The molecule has 1 fully saturated rings. The third-order valence-corrected chi connectivity index (χ3v) is 3.03. The number of benzene rings is 1. The standard InChI is InChI=1S/C13H16O.CH5AsO3.AsHO2.H3N.Na.H/c14-13(11-7-3-1-4-8-11)12-9-5-2-6-10-12;1-2(3,4)5;2-1-3;;;/h1,3-4,7-8,12H,2,5-6,9-10H2;1H3,(H2,3,4,5);(H,2,3);1H3;;. The Bertz CT molecular complexity index is 483. The molecule has 6 N–H and O–H groups in total. The van der Waals surface area contributed by atoms with Crippen LogP contribution in [0.1, 0.15) is 42.5 Å². The van der Waals surface area contributed by atoms with Crippen molar-refractivity contribution in [2.24, 2.45) is 5.92 Å². The van der Waals surface area contributed by atoms with E-state index in [-0.39, 0.29) is 35.7 Å². The SMILES string of the molecule is C[As](=O)(O)O.N.O=C(c1ccccc1)C1CCCCC1.O=[As]O.[NaH]. The zero-order chi connectivity index (χ0) is 17.0. The maximum absolute atomic E-state index is 12.0. The number of hydrogen-bond acceptors (Lipinski definition) is 4. The van der Waals surface area contributed by atoms with E-state index in [9.17, 15) is 8.53 Å². The molecule has 7 nitrogen and oxygen atoms in total. The second-order valence-corrected chi connectivity index (χ2v) is 8.83. The zero-order valence-electron chi connectivity index (χ0n) is 13.2. The number of hydrogen-bond donors (Lipinski definition) is 4. The maximum atomic E-state index is 12.0. The molecule has 0 unspecified atom stereocenters. The summed E-state index contributed by atoms with van der Waals surface area (Å²) in [6, 6.07) is 9.69. The van der Waals surface area contributed by atoms with Gasteiger partial charge in [0.2, 0.25) is 0 Å². The predicted molar refractivity (Wildman–Crippen MR) is 94.9 cm³/mol. The molecule has 0 atom stereocenters. The van der Waals surface area contributed by atoms with Gasteiger partial charge < -0.3 is 6.15 Å². The molecule has 1 aromatic rings. The zero-order valence-corrected chi connectivity index (χ0v) is 16.9. The Kier molecular flexibility index (Phi) is 20.6. The van der Waals surface area contributed by atoms with Crippen molar-refractivity contribution in [3.63, 3.8) is 0 Å². The first-order chi connectivity index (χ1) is 10.3. The number of ketones is 1. The molecular formula is C14H26As2NNaO6. The third-order valence-electron chi connectivity index (χ3n) is 3.03. The van der Waals surface area contributed by atoms with Crippen LogP contribution in [0.15, 0.2) is 30.3 Å². The molecule has 0 saturated heterocycles. The van der Waals surface area contributed by atoms with E-state index in [1.54, 1.807) is 0 Å².